The summed E-state index contributed by atoms with van der Waals surface area (Å²) in [6, 6.07) is 16.9. The number of hydrogen-bond acceptors (Lipinski definition) is 7. The van der Waals surface area contributed by atoms with Crippen molar-refractivity contribution < 1.29 is 4.74 Å². The predicted molar refractivity (Wildman–Crippen MR) is 94.6 cm³/mol. The number of methoxy groups -OCH3 is 1. The number of ether oxygens (including phenoxy) is 1. The topological polar surface area (TPSA) is 95.8 Å². The van der Waals surface area contributed by atoms with Gasteiger partial charge in [0.1, 0.15) is 5.75 Å². The van der Waals surface area contributed by atoms with E-state index >= 15 is 0 Å². The summed E-state index contributed by atoms with van der Waals surface area (Å²) in [6.07, 6.45) is 1.53. The zero-order chi connectivity index (χ0) is 17.5. The van der Waals surface area contributed by atoms with Crippen molar-refractivity contribution in [3.63, 3.8) is 0 Å². The molecule has 2 aromatic carbocycles. The molecule has 7 heteroatoms. The highest BCUT2D eigenvalue weighted by Gasteiger charge is 2.04. The van der Waals surface area contributed by atoms with Gasteiger partial charge in [-0.05, 0) is 30.3 Å². The number of anilines is 3. The molecule has 0 saturated heterocycles. The van der Waals surface area contributed by atoms with E-state index in [-0.39, 0.29) is 0 Å². The molecule has 0 radical (unpaired) electrons. The van der Waals surface area contributed by atoms with E-state index in [1.54, 1.807) is 19.2 Å². The number of hydrogen-bond donors (Lipinski definition) is 2. The van der Waals surface area contributed by atoms with Crippen molar-refractivity contribution in [2.45, 2.75) is 6.54 Å². The summed E-state index contributed by atoms with van der Waals surface area (Å²) in [5.74, 6) is 1.77. The van der Waals surface area contributed by atoms with Crippen LogP contribution < -0.4 is 15.4 Å². The Hall–Kier alpha value is -3.66. The minimum Gasteiger partial charge on any atom is -0.496 e. The van der Waals surface area contributed by atoms with Crippen LogP contribution in [0.5, 0.6) is 5.75 Å². The molecule has 0 fully saturated rings. The Morgan fingerprint density at radius 2 is 1.92 bits per heavy atom. The Balaban J connectivity index is 1.67. The highest BCUT2D eigenvalue weighted by atomic mass is 16.5. The van der Waals surface area contributed by atoms with Crippen LogP contribution in [0.2, 0.25) is 0 Å². The molecule has 0 spiro atoms. The molecular weight excluding hydrogens is 316 g/mol. The zero-order valence-electron chi connectivity index (χ0n) is 13.6. The van der Waals surface area contributed by atoms with Gasteiger partial charge >= 0.3 is 0 Å². The van der Waals surface area contributed by atoms with Gasteiger partial charge < -0.3 is 15.4 Å². The number of nitrogens with one attached hydrogen (secondary N) is 2. The van der Waals surface area contributed by atoms with Gasteiger partial charge in [0.05, 0.1) is 24.9 Å². The Morgan fingerprint density at radius 3 is 2.68 bits per heavy atom. The maximum Gasteiger partial charge on any atom is 0.244 e. The highest BCUT2D eigenvalue weighted by molar-refractivity contribution is 5.57. The quantitative estimate of drug-likeness (QED) is 0.716. The predicted octanol–water partition coefficient (Wildman–Crippen LogP) is 3.11. The van der Waals surface area contributed by atoms with Crippen molar-refractivity contribution in [1.82, 2.24) is 15.2 Å². The van der Waals surface area contributed by atoms with Crippen molar-refractivity contribution >= 4 is 17.5 Å². The summed E-state index contributed by atoms with van der Waals surface area (Å²) in [5, 5.41) is 23.0. The molecule has 2 N–H and O–H groups in total. The summed E-state index contributed by atoms with van der Waals surface area (Å²) in [6.45, 7) is 0.520. The summed E-state index contributed by atoms with van der Waals surface area (Å²) in [5.41, 5.74) is 2.42. The number of rotatable bonds is 6. The first-order valence-corrected chi connectivity index (χ1v) is 7.61. The van der Waals surface area contributed by atoms with E-state index in [0.29, 0.717) is 23.9 Å². The highest BCUT2D eigenvalue weighted by Crippen LogP contribution is 2.19. The summed E-state index contributed by atoms with van der Waals surface area (Å²) in [7, 11) is 1.64. The fraction of sp³-hybridized carbons (Fsp3) is 0.111. The molecule has 7 nitrogen and oxygen atoms in total. The zero-order valence-corrected chi connectivity index (χ0v) is 13.6. The van der Waals surface area contributed by atoms with Gasteiger partial charge in [-0.3, -0.25) is 0 Å². The van der Waals surface area contributed by atoms with Gasteiger partial charge in [-0.15, -0.1) is 5.10 Å². The number of nitriles is 1. The molecule has 3 aromatic rings. The average molecular weight is 332 g/mol. The van der Waals surface area contributed by atoms with Gasteiger partial charge in [0.15, 0.2) is 5.82 Å². The Labute approximate surface area is 145 Å². The van der Waals surface area contributed by atoms with Gasteiger partial charge in [0.2, 0.25) is 5.95 Å². The molecule has 0 saturated carbocycles. The first-order valence-electron chi connectivity index (χ1n) is 7.61. The lowest BCUT2D eigenvalue weighted by atomic mass is 10.2. The van der Waals surface area contributed by atoms with Crippen LogP contribution in [0.25, 0.3) is 0 Å². The fourth-order valence-corrected chi connectivity index (χ4v) is 2.24. The van der Waals surface area contributed by atoms with Crippen molar-refractivity contribution in [3.05, 3.63) is 65.9 Å². The van der Waals surface area contributed by atoms with Crippen LogP contribution in [0.1, 0.15) is 11.1 Å². The first-order chi connectivity index (χ1) is 12.3. The van der Waals surface area contributed by atoms with E-state index < -0.39 is 0 Å². The van der Waals surface area contributed by atoms with Crippen molar-refractivity contribution in [2.24, 2.45) is 0 Å². The summed E-state index contributed by atoms with van der Waals surface area (Å²) >= 11 is 0. The third kappa shape index (κ3) is 4.20. The van der Waals surface area contributed by atoms with Gasteiger partial charge in [0.25, 0.3) is 0 Å². The third-order valence-corrected chi connectivity index (χ3v) is 3.47. The van der Waals surface area contributed by atoms with E-state index in [2.05, 4.69) is 31.9 Å². The van der Waals surface area contributed by atoms with Gasteiger partial charge in [-0.25, -0.2) is 0 Å². The van der Waals surface area contributed by atoms with Crippen LogP contribution in [0.4, 0.5) is 17.5 Å². The molecule has 0 aliphatic rings. The summed E-state index contributed by atoms with van der Waals surface area (Å²) in [4.78, 5) is 4.38. The van der Waals surface area contributed by atoms with E-state index in [0.717, 1.165) is 17.0 Å². The lowest BCUT2D eigenvalue weighted by Gasteiger charge is -2.10. The molecule has 0 atom stereocenters. The molecular formula is C18H16N6O. The second kappa shape index (κ2) is 7.75. The second-order valence-corrected chi connectivity index (χ2v) is 5.14. The fourth-order valence-electron chi connectivity index (χ4n) is 2.24. The normalized spacial score (nSPS) is 9.92. The van der Waals surface area contributed by atoms with Gasteiger partial charge in [0, 0.05) is 17.8 Å². The van der Waals surface area contributed by atoms with Crippen LogP contribution in [0.15, 0.2) is 54.7 Å². The molecule has 3 rings (SSSR count). The molecule has 0 aliphatic carbocycles. The van der Waals surface area contributed by atoms with Crippen molar-refractivity contribution in [1.29, 1.82) is 5.26 Å². The van der Waals surface area contributed by atoms with Crippen molar-refractivity contribution in [2.75, 3.05) is 17.7 Å². The standard InChI is InChI=1S/C18H16N6O/c1-25-16-5-3-2-4-14(16)11-20-18-23-17(12-21-24-18)22-15-8-6-13(10-19)7-9-15/h2-9,12H,11H2,1H3,(H2,20,22,23,24). The molecule has 0 aliphatic heterocycles. The Bertz CT molecular complexity index is 889. The lowest BCUT2D eigenvalue weighted by Crippen LogP contribution is -2.07. The maximum atomic E-state index is 8.83. The molecule has 1 heterocycles. The minimum atomic E-state index is 0.407. The smallest absolute Gasteiger partial charge is 0.244 e. The van der Waals surface area contributed by atoms with Crippen LogP contribution in [0.3, 0.4) is 0 Å². The van der Waals surface area contributed by atoms with Crippen LogP contribution in [0, 0.1) is 11.3 Å². The number of para-hydroxylation sites is 1. The third-order valence-electron chi connectivity index (χ3n) is 3.47. The number of aromatic nitrogens is 3. The molecule has 0 unspecified atom stereocenters. The molecule has 0 bridgehead atoms. The van der Waals surface area contributed by atoms with Gasteiger partial charge in [-0.1, -0.05) is 18.2 Å². The minimum absolute atomic E-state index is 0.407. The second-order valence-electron chi connectivity index (χ2n) is 5.14. The van der Waals surface area contributed by atoms with Crippen LogP contribution in [-0.4, -0.2) is 22.3 Å². The van der Waals surface area contributed by atoms with Crippen molar-refractivity contribution in [3.8, 4) is 11.8 Å². The van der Waals surface area contributed by atoms with Gasteiger partial charge in [-0.2, -0.15) is 15.3 Å². The van der Waals surface area contributed by atoms with Crippen LogP contribution in [-0.2, 0) is 6.54 Å². The largest absolute Gasteiger partial charge is 0.496 e. The SMILES string of the molecule is COc1ccccc1CNc1nncc(Nc2ccc(C#N)cc2)n1. The maximum absolute atomic E-state index is 8.83. The van der Waals surface area contributed by atoms with E-state index in [1.807, 2.05) is 36.4 Å². The molecule has 0 amide bonds. The molecule has 124 valence electrons. The Kier molecular flexibility index (Phi) is 5.02. The molecule has 1 aromatic heterocycles. The summed E-state index contributed by atoms with van der Waals surface area (Å²) < 4.78 is 5.32. The lowest BCUT2D eigenvalue weighted by molar-refractivity contribution is 0.410. The first kappa shape index (κ1) is 16.2. The average Bonchev–Trinajstić information content (AvgIpc) is 2.67. The van der Waals surface area contributed by atoms with E-state index in [4.69, 9.17) is 10.00 Å². The molecule has 25 heavy (non-hydrogen) atoms. The number of nitrogens with zero attached hydrogens (tertiary/aromatic N) is 4. The number of benzene rings is 2. The monoisotopic (exact) mass is 332 g/mol. The Morgan fingerprint density at radius 1 is 1.12 bits per heavy atom. The van der Waals surface area contributed by atoms with E-state index in [1.165, 1.54) is 6.20 Å². The van der Waals surface area contributed by atoms with Crippen LogP contribution >= 0.6 is 0 Å². The van der Waals surface area contributed by atoms with E-state index in [9.17, 15) is 0 Å².